The van der Waals surface area contributed by atoms with Crippen molar-refractivity contribution in [3.05, 3.63) is 35.4 Å². The summed E-state index contributed by atoms with van der Waals surface area (Å²) in [5, 5.41) is 6.18. The van der Waals surface area contributed by atoms with Crippen LogP contribution in [-0.4, -0.2) is 51.2 Å². The monoisotopic (exact) mass is 291 g/mol. The van der Waals surface area contributed by atoms with Gasteiger partial charge in [0.1, 0.15) is 0 Å². The highest BCUT2D eigenvalue weighted by Crippen LogP contribution is 2.15. The van der Waals surface area contributed by atoms with Gasteiger partial charge in [0.25, 0.3) is 0 Å². The number of hydrogen-bond acceptors (Lipinski definition) is 4. The summed E-state index contributed by atoms with van der Waals surface area (Å²) in [6.07, 6.45) is 0. The van der Waals surface area contributed by atoms with Crippen LogP contribution in [0.5, 0.6) is 0 Å². The largest absolute Gasteiger partial charge is 0.379 e. The number of carbonyl (C=O) groups excluding carboxylic acids is 1. The second kappa shape index (κ2) is 7.54. The average Bonchev–Trinajstić information content (AvgIpc) is 2.94. The maximum atomic E-state index is 12.3. The van der Waals surface area contributed by atoms with Crippen molar-refractivity contribution in [2.45, 2.75) is 19.1 Å². The number of carbonyl (C=O) groups is 1. The highest BCUT2D eigenvalue weighted by Gasteiger charge is 2.32. The summed E-state index contributed by atoms with van der Waals surface area (Å²) >= 11 is 0. The molecule has 0 bridgehead atoms. The van der Waals surface area contributed by atoms with Crippen molar-refractivity contribution in [3.63, 3.8) is 0 Å². The predicted octanol–water partition coefficient (Wildman–Crippen LogP) is 0.599. The van der Waals surface area contributed by atoms with Gasteiger partial charge in [-0.15, -0.1) is 0 Å². The van der Waals surface area contributed by atoms with E-state index in [1.54, 1.807) is 0 Å². The van der Waals surface area contributed by atoms with Gasteiger partial charge in [-0.3, -0.25) is 4.79 Å². The average molecular weight is 291 g/mol. The van der Waals surface area contributed by atoms with E-state index < -0.39 is 0 Å². The lowest BCUT2D eigenvalue weighted by molar-refractivity contribution is -0.125. The van der Waals surface area contributed by atoms with Gasteiger partial charge < -0.3 is 20.3 Å². The second-order valence-corrected chi connectivity index (χ2v) is 5.76. The fraction of sp³-hybridized carbons (Fsp3) is 0.562. The molecule has 1 amide bonds. The number of hydrogen-bond donors (Lipinski definition) is 2. The molecule has 0 aromatic heterocycles. The molecule has 116 valence electrons. The normalized spacial score (nSPS) is 21.7. The summed E-state index contributed by atoms with van der Waals surface area (Å²) in [6, 6.07) is 8.33. The topological polar surface area (TPSA) is 53.6 Å². The van der Waals surface area contributed by atoms with E-state index in [1.807, 2.05) is 33.3 Å². The number of likely N-dealkylation sites (N-methyl/N-ethyl adjacent to an activating group) is 1. The standard InChI is InChI=1S/C16H25N3O2/c1-17-15-11-21-10-14(15)16(20)18-8-12-6-4-5-7-13(12)9-19(2)3/h4-7,14-15,17H,8-11H2,1-3H3,(H,18,20). The van der Waals surface area contributed by atoms with Gasteiger partial charge in [-0.25, -0.2) is 0 Å². The molecule has 0 saturated carbocycles. The maximum Gasteiger partial charge on any atom is 0.227 e. The van der Waals surface area contributed by atoms with Crippen LogP contribution in [0.1, 0.15) is 11.1 Å². The van der Waals surface area contributed by atoms with Crippen molar-refractivity contribution in [2.75, 3.05) is 34.4 Å². The highest BCUT2D eigenvalue weighted by atomic mass is 16.5. The van der Waals surface area contributed by atoms with Crippen LogP contribution in [0.3, 0.4) is 0 Å². The minimum atomic E-state index is -0.101. The van der Waals surface area contributed by atoms with Gasteiger partial charge in [-0.1, -0.05) is 24.3 Å². The van der Waals surface area contributed by atoms with Gasteiger partial charge in [-0.05, 0) is 32.3 Å². The predicted molar refractivity (Wildman–Crippen MR) is 82.8 cm³/mol. The molecule has 1 saturated heterocycles. The maximum absolute atomic E-state index is 12.3. The molecular weight excluding hydrogens is 266 g/mol. The van der Waals surface area contributed by atoms with Crippen LogP contribution in [0.2, 0.25) is 0 Å². The highest BCUT2D eigenvalue weighted by molar-refractivity contribution is 5.79. The van der Waals surface area contributed by atoms with Crippen molar-refractivity contribution in [2.24, 2.45) is 5.92 Å². The first-order valence-electron chi connectivity index (χ1n) is 7.36. The molecule has 5 nitrogen and oxygen atoms in total. The Morgan fingerprint density at radius 2 is 2.00 bits per heavy atom. The summed E-state index contributed by atoms with van der Waals surface area (Å²) in [5.41, 5.74) is 2.41. The molecule has 2 N–H and O–H groups in total. The Labute approximate surface area is 126 Å². The number of rotatable bonds is 6. The smallest absolute Gasteiger partial charge is 0.227 e. The van der Waals surface area contributed by atoms with Gasteiger partial charge in [0, 0.05) is 19.1 Å². The van der Waals surface area contributed by atoms with Gasteiger partial charge >= 0.3 is 0 Å². The van der Waals surface area contributed by atoms with Crippen LogP contribution in [0, 0.1) is 5.92 Å². The Bertz CT molecular complexity index is 476. The fourth-order valence-electron chi connectivity index (χ4n) is 2.64. The number of amides is 1. The Kier molecular flexibility index (Phi) is 5.73. The molecule has 0 radical (unpaired) electrons. The van der Waals surface area contributed by atoms with Gasteiger partial charge in [0.2, 0.25) is 5.91 Å². The van der Waals surface area contributed by atoms with Crippen LogP contribution in [0.25, 0.3) is 0 Å². The first-order valence-corrected chi connectivity index (χ1v) is 7.36. The van der Waals surface area contributed by atoms with E-state index in [9.17, 15) is 4.79 Å². The van der Waals surface area contributed by atoms with E-state index in [0.29, 0.717) is 19.8 Å². The second-order valence-electron chi connectivity index (χ2n) is 5.76. The lowest BCUT2D eigenvalue weighted by Crippen LogP contribution is -2.42. The molecule has 2 unspecified atom stereocenters. The van der Waals surface area contributed by atoms with Crippen molar-refractivity contribution in [1.82, 2.24) is 15.5 Å². The van der Waals surface area contributed by atoms with Gasteiger partial charge in [-0.2, -0.15) is 0 Å². The molecule has 1 aromatic carbocycles. The van der Waals surface area contributed by atoms with Crippen LogP contribution in [0.15, 0.2) is 24.3 Å². The molecule has 1 heterocycles. The van der Waals surface area contributed by atoms with Crippen molar-refractivity contribution in [1.29, 1.82) is 0 Å². The van der Waals surface area contributed by atoms with E-state index in [1.165, 1.54) is 11.1 Å². The Balaban J connectivity index is 1.95. The van der Waals surface area contributed by atoms with E-state index in [-0.39, 0.29) is 17.9 Å². The molecule has 1 aliphatic heterocycles. The Morgan fingerprint density at radius 1 is 1.29 bits per heavy atom. The first kappa shape index (κ1) is 15.9. The molecule has 1 aromatic rings. The third kappa shape index (κ3) is 4.27. The third-order valence-electron chi connectivity index (χ3n) is 3.85. The summed E-state index contributed by atoms with van der Waals surface area (Å²) < 4.78 is 5.38. The van der Waals surface area contributed by atoms with Gasteiger partial charge in [0.15, 0.2) is 0 Å². The van der Waals surface area contributed by atoms with E-state index in [0.717, 1.165) is 6.54 Å². The Morgan fingerprint density at radius 3 is 2.67 bits per heavy atom. The zero-order chi connectivity index (χ0) is 15.2. The summed E-state index contributed by atoms with van der Waals surface area (Å²) in [4.78, 5) is 14.4. The minimum absolute atomic E-state index is 0.0616. The molecule has 1 fully saturated rings. The summed E-state index contributed by atoms with van der Waals surface area (Å²) in [5.74, 6) is -0.0393. The van der Waals surface area contributed by atoms with Crippen LogP contribution in [-0.2, 0) is 22.6 Å². The minimum Gasteiger partial charge on any atom is -0.379 e. The van der Waals surface area contributed by atoms with Crippen molar-refractivity contribution < 1.29 is 9.53 Å². The molecule has 0 spiro atoms. The van der Waals surface area contributed by atoms with E-state index >= 15 is 0 Å². The molecule has 5 heteroatoms. The zero-order valence-electron chi connectivity index (χ0n) is 13.1. The molecule has 2 rings (SSSR count). The summed E-state index contributed by atoms with van der Waals surface area (Å²) in [6.45, 7) is 2.54. The molecule has 21 heavy (non-hydrogen) atoms. The van der Waals surface area contributed by atoms with Crippen molar-refractivity contribution >= 4 is 5.91 Å². The third-order valence-corrected chi connectivity index (χ3v) is 3.85. The lowest BCUT2D eigenvalue weighted by atomic mass is 10.0. The first-order chi connectivity index (χ1) is 10.1. The molecular formula is C16H25N3O2. The molecule has 0 aliphatic carbocycles. The fourth-order valence-corrected chi connectivity index (χ4v) is 2.64. The van der Waals surface area contributed by atoms with Crippen LogP contribution < -0.4 is 10.6 Å². The molecule has 2 atom stereocenters. The number of nitrogens with one attached hydrogen (secondary N) is 2. The van der Waals surface area contributed by atoms with E-state index in [4.69, 9.17) is 4.74 Å². The summed E-state index contributed by atoms with van der Waals surface area (Å²) in [7, 11) is 5.96. The number of benzene rings is 1. The van der Waals surface area contributed by atoms with Crippen molar-refractivity contribution in [3.8, 4) is 0 Å². The lowest BCUT2D eigenvalue weighted by Gasteiger charge is -2.18. The Hall–Kier alpha value is -1.43. The number of nitrogens with zero attached hydrogens (tertiary/aromatic N) is 1. The van der Waals surface area contributed by atoms with Gasteiger partial charge in [0.05, 0.1) is 19.1 Å². The van der Waals surface area contributed by atoms with Crippen LogP contribution >= 0.6 is 0 Å². The molecule has 1 aliphatic rings. The zero-order valence-corrected chi connectivity index (χ0v) is 13.1. The SMILES string of the molecule is CNC1COCC1C(=O)NCc1ccccc1CN(C)C. The van der Waals surface area contributed by atoms with Crippen LogP contribution in [0.4, 0.5) is 0 Å². The quantitative estimate of drug-likeness (QED) is 0.806. The van der Waals surface area contributed by atoms with E-state index in [2.05, 4.69) is 27.7 Å². The number of ether oxygens (including phenoxy) is 1.